The van der Waals surface area contributed by atoms with Gasteiger partial charge in [-0.2, -0.15) is 0 Å². The number of pyridine rings is 1. The van der Waals surface area contributed by atoms with E-state index in [0.29, 0.717) is 17.1 Å². The summed E-state index contributed by atoms with van der Waals surface area (Å²) < 4.78 is 7.05. The summed E-state index contributed by atoms with van der Waals surface area (Å²) in [7, 11) is 0. The van der Waals surface area contributed by atoms with Crippen molar-refractivity contribution in [2.75, 3.05) is 19.7 Å². The molecule has 3 rings (SSSR count). The predicted octanol–water partition coefficient (Wildman–Crippen LogP) is 2.11. The highest BCUT2D eigenvalue weighted by Crippen LogP contribution is 2.36. The number of nitrogens with one attached hydrogen (secondary N) is 2. The third-order valence-corrected chi connectivity index (χ3v) is 5.22. The minimum Gasteiger partial charge on any atom is -0.451 e. The number of carbonyl (C=O) groups excluding carboxylic acids is 3. The van der Waals surface area contributed by atoms with Gasteiger partial charge < -0.3 is 19.9 Å². The van der Waals surface area contributed by atoms with Crippen LogP contribution >= 0.6 is 11.3 Å². The minimum atomic E-state index is -0.609. The van der Waals surface area contributed by atoms with Crippen molar-refractivity contribution < 1.29 is 19.1 Å². The number of amides is 2. The first-order valence-electron chi connectivity index (χ1n) is 9.15. The fraction of sp³-hybridized carbons (Fsp3) is 0.300. The standard InChI is InChI=1S/C20H22N4O4S/c1-4-21-14(25)10-22-15(26)11-28-20(27)18-17(24-7-5-6-8-24)16-12(2)9-13(3)23-19(16)29-18/h5-9H,4,10-11H2,1-3H3,(H,21,25)(H,22,26). The second-order valence-corrected chi connectivity index (χ2v) is 7.44. The number of aryl methyl sites for hydroxylation is 2. The second-order valence-electron chi connectivity index (χ2n) is 6.44. The Balaban J connectivity index is 1.81. The molecule has 0 aromatic carbocycles. The van der Waals surface area contributed by atoms with Crippen LogP contribution in [0.1, 0.15) is 27.9 Å². The lowest BCUT2D eigenvalue weighted by Gasteiger charge is -2.09. The molecule has 0 spiro atoms. The first kappa shape index (κ1) is 20.5. The van der Waals surface area contributed by atoms with Gasteiger partial charge in [-0.3, -0.25) is 9.59 Å². The highest BCUT2D eigenvalue weighted by Gasteiger charge is 2.24. The van der Waals surface area contributed by atoms with Crippen molar-refractivity contribution in [1.82, 2.24) is 20.2 Å². The molecule has 2 amide bonds. The van der Waals surface area contributed by atoms with Gasteiger partial charge in [-0.15, -0.1) is 11.3 Å². The molecule has 3 aromatic heterocycles. The summed E-state index contributed by atoms with van der Waals surface area (Å²) >= 11 is 1.23. The Labute approximate surface area is 171 Å². The van der Waals surface area contributed by atoms with Gasteiger partial charge in [0.1, 0.15) is 9.71 Å². The van der Waals surface area contributed by atoms with E-state index in [1.807, 2.05) is 49.0 Å². The maximum atomic E-state index is 12.8. The number of fused-ring (bicyclic) bond motifs is 1. The lowest BCUT2D eigenvalue weighted by molar-refractivity contribution is -0.127. The zero-order chi connectivity index (χ0) is 21.0. The van der Waals surface area contributed by atoms with Crippen LogP contribution in [0.5, 0.6) is 0 Å². The predicted molar refractivity (Wildman–Crippen MR) is 110 cm³/mol. The summed E-state index contributed by atoms with van der Waals surface area (Å²) in [6.45, 7) is 5.50. The highest BCUT2D eigenvalue weighted by atomic mass is 32.1. The van der Waals surface area contributed by atoms with E-state index in [0.717, 1.165) is 21.5 Å². The molecule has 0 unspecified atom stereocenters. The average molecular weight is 414 g/mol. The molecular weight excluding hydrogens is 392 g/mol. The van der Waals surface area contributed by atoms with E-state index in [1.54, 1.807) is 6.92 Å². The fourth-order valence-corrected chi connectivity index (χ4v) is 4.17. The van der Waals surface area contributed by atoms with Gasteiger partial charge in [0.2, 0.25) is 5.91 Å². The van der Waals surface area contributed by atoms with E-state index in [4.69, 9.17) is 4.74 Å². The second kappa shape index (κ2) is 8.87. The number of carbonyl (C=O) groups is 3. The fourth-order valence-electron chi connectivity index (χ4n) is 2.98. The van der Waals surface area contributed by atoms with Gasteiger partial charge in [-0.1, -0.05) is 0 Å². The Bertz CT molecular complexity index is 1060. The Morgan fingerprint density at radius 3 is 2.55 bits per heavy atom. The van der Waals surface area contributed by atoms with Crippen LogP contribution in [0.25, 0.3) is 15.9 Å². The number of hydrogen-bond acceptors (Lipinski definition) is 6. The van der Waals surface area contributed by atoms with E-state index in [1.165, 1.54) is 11.3 Å². The summed E-state index contributed by atoms with van der Waals surface area (Å²) in [6.07, 6.45) is 3.69. The van der Waals surface area contributed by atoms with Gasteiger partial charge in [0.05, 0.1) is 12.2 Å². The molecule has 0 saturated heterocycles. The summed E-state index contributed by atoms with van der Waals surface area (Å²) in [5, 5.41) is 5.87. The number of rotatable bonds is 7. The largest absolute Gasteiger partial charge is 0.451 e. The number of thiophene rings is 1. The molecule has 152 valence electrons. The van der Waals surface area contributed by atoms with Gasteiger partial charge in [0.25, 0.3) is 5.91 Å². The van der Waals surface area contributed by atoms with Crippen LogP contribution in [0.4, 0.5) is 0 Å². The zero-order valence-electron chi connectivity index (χ0n) is 16.4. The Kier molecular flexibility index (Phi) is 6.28. The molecule has 9 heteroatoms. The lowest BCUT2D eigenvalue weighted by atomic mass is 10.1. The van der Waals surface area contributed by atoms with Crippen molar-refractivity contribution in [2.45, 2.75) is 20.8 Å². The number of nitrogens with zero attached hydrogens (tertiary/aromatic N) is 2. The number of likely N-dealkylation sites (N-methyl/N-ethyl adjacent to an activating group) is 1. The molecule has 0 aliphatic heterocycles. The lowest BCUT2D eigenvalue weighted by Crippen LogP contribution is -2.38. The van der Waals surface area contributed by atoms with E-state index in [9.17, 15) is 14.4 Å². The SMILES string of the molecule is CCNC(=O)CNC(=O)COC(=O)c1sc2nc(C)cc(C)c2c1-n1cccc1. The molecule has 0 aliphatic rings. The summed E-state index contributed by atoms with van der Waals surface area (Å²) in [4.78, 5) is 41.7. The molecule has 29 heavy (non-hydrogen) atoms. The molecule has 0 fully saturated rings. The van der Waals surface area contributed by atoms with Crippen molar-refractivity contribution in [3.05, 3.63) is 46.7 Å². The topological polar surface area (TPSA) is 102 Å². The Morgan fingerprint density at radius 1 is 1.14 bits per heavy atom. The molecule has 3 aromatic rings. The average Bonchev–Trinajstić information content (AvgIpc) is 3.32. The number of ether oxygens (including phenoxy) is 1. The monoisotopic (exact) mass is 414 g/mol. The van der Waals surface area contributed by atoms with E-state index < -0.39 is 18.5 Å². The van der Waals surface area contributed by atoms with Crippen LogP contribution in [-0.2, 0) is 14.3 Å². The van der Waals surface area contributed by atoms with Crippen molar-refractivity contribution in [1.29, 1.82) is 0 Å². The number of esters is 1. The highest BCUT2D eigenvalue weighted by molar-refractivity contribution is 7.21. The van der Waals surface area contributed by atoms with E-state index >= 15 is 0 Å². The minimum absolute atomic E-state index is 0.163. The van der Waals surface area contributed by atoms with Crippen LogP contribution in [0.2, 0.25) is 0 Å². The van der Waals surface area contributed by atoms with Crippen LogP contribution in [0.15, 0.2) is 30.6 Å². The van der Waals surface area contributed by atoms with Crippen molar-refractivity contribution in [3.8, 4) is 5.69 Å². The summed E-state index contributed by atoms with van der Waals surface area (Å²) in [5.41, 5.74) is 2.55. The Hall–Kier alpha value is -3.20. The Morgan fingerprint density at radius 2 is 1.86 bits per heavy atom. The normalized spacial score (nSPS) is 10.7. The van der Waals surface area contributed by atoms with E-state index in [-0.39, 0.29) is 12.5 Å². The molecular formula is C20H22N4O4S. The van der Waals surface area contributed by atoms with Crippen LogP contribution in [0, 0.1) is 13.8 Å². The van der Waals surface area contributed by atoms with Gasteiger partial charge in [-0.05, 0) is 44.5 Å². The molecule has 0 atom stereocenters. The molecule has 8 nitrogen and oxygen atoms in total. The van der Waals surface area contributed by atoms with Crippen molar-refractivity contribution in [3.63, 3.8) is 0 Å². The van der Waals surface area contributed by atoms with Gasteiger partial charge in [-0.25, -0.2) is 9.78 Å². The van der Waals surface area contributed by atoms with E-state index in [2.05, 4.69) is 15.6 Å². The van der Waals surface area contributed by atoms with Gasteiger partial charge in [0.15, 0.2) is 6.61 Å². The smallest absolute Gasteiger partial charge is 0.351 e. The number of hydrogen-bond donors (Lipinski definition) is 2. The first-order valence-corrected chi connectivity index (χ1v) is 9.97. The first-order chi connectivity index (χ1) is 13.9. The zero-order valence-corrected chi connectivity index (χ0v) is 17.3. The molecule has 3 heterocycles. The summed E-state index contributed by atoms with van der Waals surface area (Å²) in [5.74, 6) is -1.45. The quantitative estimate of drug-likeness (QED) is 0.577. The van der Waals surface area contributed by atoms with Gasteiger partial charge >= 0.3 is 5.97 Å². The third-order valence-electron chi connectivity index (χ3n) is 4.16. The van der Waals surface area contributed by atoms with Crippen LogP contribution < -0.4 is 10.6 Å². The maximum absolute atomic E-state index is 12.8. The molecule has 0 saturated carbocycles. The number of aromatic nitrogens is 2. The third kappa shape index (κ3) is 4.62. The van der Waals surface area contributed by atoms with Crippen molar-refractivity contribution in [2.24, 2.45) is 0 Å². The molecule has 0 bridgehead atoms. The summed E-state index contributed by atoms with van der Waals surface area (Å²) in [6, 6.07) is 5.70. The molecule has 0 aliphatic carbocycles. The maximum Gasteiger partial charge on any atom is 0.351 e. The van der Waals surface area contributed by atoms with Crippen LogP contribution in [-0.4, -0.2) is 47.0 Å². The molecule has 2 N–H and O–H groups in total. The molecule has 0 radical (unpaired) electrons. The van der Waals surface area contributed by atoms with Gasteiger partial charge in [0, 0.05) is 30.0 Å². The van der Waals surface area contributed by atoms with Crippen LogP contribution in [0.3, 0.4) is 0 Å². The van der Waals surface area contributed by atoms with Crippen molar-refractivity contribution >= 4 is 39.3 Å².